The molecule has 1 aliphatic heterocycles. The lowest BCUT2D eigenvalue weighted by Gasteiger charge is -2.14. The van der Waals surface area contributed by atoms with Crippen LogP contribution in [0.5, 0.6) is 11.5 Å². The van der Waals surface area contributed by atoms with E-state index < -0.39 is 0 Å². The van der Waals surface area contributed by atoms with Crippen LogP contribution in [0, 0.1) is 5.82 Å². The zero-order chi connectivity index (χ0) is 24.1. The van der Waals surface area contributed by atoms with Crippen molar-refractivity contribution in [1.29, 1.82) is 0 Å². The molecule has 0 spiro atoms. The molecule has 0 bridgehead atoms. The second-order valence-electron chi connectivity index (χ2n) is 7.63. The molecular weight excluding hydrogens is 519 g/mol. The number of carbonyl (C=O) groups is 1. The largest absolute Gasteiger partial charge is 0.493 e. The van der Waals surface area contributed by atoms with E-state index in [0.29, 0.717) is 26.4 Å². The minimum atomic E-state index is -0.313. The summed E-state index contributed by atoms with van der Waals surface area (Å²) in [5.41, 5.74) is 3.44. The standard InChI is InChI=1S/C26H24BrFN2O3S/c1-3-16-7-9-20(10-8-16)29-26-30-25(31)23(34-26)14-18-12-21(27)24(22(13-18)32-2)33-15-17-5-4-6-19(28)11-17/h4-14,26,29H,3,15H2,1-2H3,(H,30,31)/b23-14-/t26-/m1/s1. The maximum absolute atomic E-state index is 13.4. The van der Waals surface area contributed by atoms with Gasteiger partial charge in [0.15, 0.2) is 17.0 Å². The van der Waals surface area contributed by atoms with Crippen molar-refractivity contribution in [2.24, 2.45) is 0 Å². The number of thioether (sulfide) groups is 1. The summed E-state index contributed by atoms with van der Waals surface area (Å²) in [5, 5.41) is 6.27. The van der Waals surface area contributed by atoms with Crippen LogP contribution in [0.25, 0.3) is 6.08 Å². The van der Waals surface area contributed by atoms with Crippen molar-refractivity contribution in [1.82, 2.24) is 5.32 Å². The number of aryl methyl sites for hydroxylation is 1. The first-order valence-corrected chi connectivity index (χ1v) is 12.4. The predicted octanol–water partition coefficient (Wildman–Crippen LogP) is 6.34. The third kappa shape index (κ3) is 5.93. The molecule has 1 saturated heterocycles. The van der Waals surface area contributed by atoms with E-state index in [1.54, 1.807) is 25.3 Å². The second-order valence-corrected chi connectivity index (χ2v) is 9.63. The molecule has 1 heterocycles. The number of anilines is 1. The zero-order valence-corrected chi connectivity index (χ0v) is 21.1. The van der Waals surface area contributed by atoms with Crippen molar-refractivity contribution in [2.45, 2.75) is 25.4 Å². The fourth-order valence-electron chi connectivity index (χ4n) is 3.45. The molecule has 176 valence electrons. The number of ether oxygens (including phenoxy) is 2. The van der Waals surface area contributed by atoms with Crippen molar-refractivity contribution in [3.8, 4) is 11.5 Å². The molecule has 4 rings (SSSR count). The van der Waals surface area contributed by atoms with E-state index in [1.165, 1.54) is 29.5 Å². The lowest BCUT2D eigenvalue weighted by molar-refractivity contribution is -0.116. The molecule has 0 radical (unpaired) electrons. The van der Waals surface area contributed by atoms with Gasteiger partial charge in [-0.15, -0.1) is 0 Å². The van der Waals surface area contributed by atoms with E-state index in [1.807, 2.05) is 24.3 Å². The summed E-state index contributed by atoms with van der Waals surface area (Å²) >= 11 is 4.95. The summed E-state index contributed by atoms with van der Waals surface area (Å²) in [7, 11) is 1.55. The Kier molecular flexibility index (Phi) is 7.80. The van der Waals surface area contributed by atoms with Gasteiger partial charge >= 0.3 is 0 Å². The maximum atomic E-state index is 13.4. The molecule has 8 heteroatoms. The Bertz CT molecular complexity index is 1220. The van der Waals surface area contributed by atoms with E-state index in [4.69, 9.17) is 9.47 Å². The summed E-state index contributed by atoms with van der Waals surface area (Å²) in [6.45, 7) is 2.31. The Balaban J connectivity index is 1.47. The summed E-state index contributed by atoms with van der Waals surface area (Å²) in [6.07, 6.45) is 2.79. The molecule has 0 unspecified atom stereocenters. The van der Waals surface area contributed by atoms with E-state index in [0.717, 1.165) is 17.7 Å². The Hall–Kier alpha value is -2.97. The molecule has 34 heavy (non-hydrogen) atoms. The Labute approximate surface area is 210 Å². The molecule has 3 aromatic rings. The highest BCUT2D eigenvalue weighted by Gasteiger charge is 2.27. The lowest BCUT2D eigenvalue weighted by atomic mass is 10.1. The number of halogens is 2. The van der Waals surface area contributed by atoms with Gasteiger partial charge in [-0.25, -0.2) is 4.39 Å². The molecule has 5 nitrogen and oxygen atoms in total. The average Bonchev–Trinajstić information content (AvgIpc) is 3.16. The number of carbonyl (C=O) groups excluding carboxylic acids is 1. The van der Waals surface area contributed by atoms with Gasteiger partial charge in [0.2, 0.25) is 0 Å². The van der Waals surface area contributed by atoms with Gasteiger partial charge in [-0.3, -0.25) is 4.79 Å². The van der Waals surface area contributed by atoms with Crippen molar-refractivity contribution in [3.63, 3.8) is 0 Å². The van der Waals surface area contributed by atoms with Crippen LogP contribution in [0.2, 0.25) is 0 Å². The quantitative estimate of drug-likeness (QED) is 0.325. The van der Waals surface area contributed by atoms with Crippen LogP contribution in [0.1, 0.15) is 23.6 Å². The molecule has 0 saturated carbocycles. The molecule has 2 N–H and O–H groups in total. The van der Waals surface area contributed by atoms with E-state index >= 15 is 0 Å². The summed E-state index contributed by atoms with van der Waals surface area (Å²) in [5.74, 6) is 0.556. The Morgan fingerprint density at radius 3 is 2.65 bits per heavy atom. The van der Waals surface area contributed by atoms with Crippen molar-refractivity contribution in [2.75, 3.05) is 12.4 Å². The number of methoxy groups -OCH3 is 1. The van der Waals surface area contributed by atoms with E-state index in [-0.39, 0.29) is 23.8 Å². The number of rotatable bonds is 8. The van der Waals surface area contributed by atoms with Crippen LogP contribution in [-0.4, -0.2) is 18.5 Å². The van der Waals surface area contributed by atoms with Crippen LogP contribution >= 0.6 is 27.7 Å². The fourth-order valence-corrected chi connectivity index (χ4v) is 5.01. The summed E-state index contributed by atoms with van der Waals surface area (Å²) in [4.78, 5) is 13.1. The summed E-state index contributed by atoms with van der Waals surface area (Å²) < 4.78 is 25.5. The van der Waals surface area contributed by atoms with Crippen LogP contribution in [-0.2, 0) is 17.8 Å². The van der Waals surface area contributed by atoms with Gasteiger partial charge in [0.05, 0.1) is 16.5 Å². The van der Waals surface area contributed by atoms with Crippen molar-refractivity contribution >= 4 is 45.4 Å². The topological polar surface area (TPSA) is 59.6 Å². The molecule has 1 aliphatic rings. The highest BCUT2D eigenvalue weighted by atomic mass is 79.9. The zero-order valence-electron chi connectivity index (χ0n) is 18.7. The van der Waals surface area contributed by atoms with Crippen molar-refractivity contribution in [3.05, 3.63) is 92.5 Å². The van der Waals surface area contributed by atoms with Gasteiger partial charge in [0, 0.05) is 5.69 Å². The molecule has 0 aromatic heterocycles. The molecule has 1 amide bonds. The van der Waals surface area contributed by atoms with E-state index in [2.05, 4.69) is 45.6 Å². The van der Waals surface area contributed by atoms with Gasteiger partial charge in [0.25, 0.3) is 5.91 Å². The monoisotopic (exact) mass is 542 g/mol. The number of amides is 1. The normalized spacial score (nSPS) is 16.4. The molecule has 3 aromatic carbocycles. The first-order valence-electron chi connectivity index (χ1n) is 10.7. The second kappa shape index (κ2) is 11.0. The van der Waals surface area contributed by atoms with Gasteiger partial charge in [-0.1, -0.05) is 43.0 Å². The maximum Gasteiger partial charge on any atom is 0.260 e. The van der Waals surface area contributed by atoms with Gasteiger partial charge in [-0.2, -0.15) is 0 Å². The minimum Gasteiger partial charge on any atom is -0.493 e. The Morgan fingerprint density at radius 1 is 1.15 bits per heavy atom. The highest BCUT2D eigenvalue weighted by Crippen LogP contribution is 2.39. The SMILES string of the molecule is CCc1ccc(N[C@@H]2NC(=O)/C(=C/c3cc(Br)c(OCc4cccc(F)c4)c(OC)c3)S2)cc1. The van der Waals surface area contributed by atoms with Gasteiger partial charge in [0.1, 0.15) is 12.4 Å². The third-order valence-corrected chi connectivity index (χ3v) is 6.83. The Morgan fingerprint density at radius 2 is 1.94 bits per heavy atom. The molecule has 0 aliphatic carbocycles. The van der Waals surface area contributed by atoms with E-state index in [9.17, 15) is 9.18 Å². The smallest absolute Gasteiger partial charge is 0.260 e. The number of benzene rings is 3. The van der Waals surface area contributed by atoms with Crippen LogP contribution in [0.3, 0.4) is 0 Å². The average molecular weight is 543 g/mol. The summed E-state index contributed by atoms with van der Waals surface area (Å²) in [6, 6.07) is 18.1. The minimum absolute atomic E-state index is 0.144. The first kappa shape index (κ1) is 24.2. The first-order chi connectivity index (χ1) is 16.4. The van der Waals surface area contributed by atoms with Crippen LogP contribution in [0.15, 0.2) is 70.0 Å². The van der Waals surface area contributed by atoms with Gasteiger partial charge in [-0.05, 0) is 81.5 Å². The lowest BCUT2D eigenvalue weighted by Crippen LogP contribution is -2.30. The van der Waals surface area contributed by atoms with Crippen LogP contribution in [0.4, 0.5) is 10.1 Å². The molecule has 1 atom stereocenters. The highest BCUT2D eigenvalue weighted by molar-refractivity contribution is 9.10. The van der Waals surface area contributed by atoms with Gasteiger partial charge < -0.3 is 20.1 Å². The van der Waals surface area contributed by atoms with Crippen molar-refractivity contribution < 1.29 is 18.7 Å². The number of hydrogen-bond donors (Lipinski definition) is 2. The molecule has 1 fully saturated rings. The van der Waals surface area contributed by atoms with Crippen LogP contribution < -0.4 is 20.1 Å². The molecular formula is C26H24BrFN2O3S. The fraction of sp³-hybridized carbons (Fsp3) is 0.192. The third-order valence-electron chi connectivity index (χ3n) is 5.21. The number of nitrogens with one attached hydrogen (secondary N) is 2. The predicted molar refractivity (Wildman–Crippen MR) is 138 cm³/mol. The number of hydrogen-bond acceptors (Lipinski definition) is 5.